The SMILES string of the molecule is C[C@H](NC(=O)Cc1ccc(N2CCCC2=O)cc1)c1ccc(-n2cncn2)cc1. The van der Waals surface area contributed by atoms with Crippen LogP contribution in [0, 0.1) is 0 Å². The third-order valence-corrected chi connectivity index (χ3v) is 5.14. The molecule has 1 fully saturated rings. The molecule has 1 aliphatic heterocycles. The molecule has 0 bridgehead atoms. The quantitative estimate of drug-likeness (QED) is 0.703. The zero-order valence-corrected chi connectivity index (χ0v) is 16.3. The Morgan fingerprint density at radius 1 is 1.10 bits per heavy atom. The highest BCUT2D eigenvalue weighted by atomic mass is 16.2. The average molecular weight is 389 g/mol. The minimum atomic E-state index is -0.103. The third kappa shape index (κ3) is 4.34. The Morgan fingerprint density at radius 3 is 2.45 bits per heavy atom. The van der Waals surface area contributed by atoms with E-state index in [-0.39, 0.29) is 17.9 Å². The highest BCUT2D eigenvalue weighted by Gasteiger charge is 2.21. The number of carbonyl (C=O) groups excluding carboxylic acids is 2. The molecule has 2 aromatic carbocycles. The molecular formula is C22H23N5O2. The number of anilines is 1. The number of nitrogens with zero attached hydrogens (tertiary/aromatic N) is 4. The summed E-state index contributed by atoms with van der Waals surface area (Å²) in [5.41, 5.74) is 3.76. The van der Waals surface area contributed by atoms with Crippen molar-refractivity contribution in [1.82, 2.24) is 20.1 Å². The largest absolute Gasteiger partial charge is 0.349 e. The first-order chi connectivity index (χ1) is 14.1. The van der Waals surface area contributed by atoms with Gasteiger partial charge in [-0.25, -0.2) is 9.67 Å². The predicted molar refractivity (Wildman–Crippen MR) is 110 cm³/mol. The van der Waals surface area contributed by atoms with Gasteiger partial charge >= 0.3 is 0 Å². The summed E-state index contributed by atoms with van der Waals surface area (Å²) < 4.78 is 1.69. The number of hydrogen-bond donors (Lipinski definition) is 1. The minimum absolute atomic E-state index is 0.0390. The standard InChI is InChI=1S/C22H23N5O2/c1-16(18-6-10-20(11-7-18)27-15-23-14-24-27)25-21(28)13-17-4-8-19(9-5-17)26-12-2-3-22(26)29/h4-11,14-16H,2-3,12-13H2,1H3,(H,25,28)/t16-/m0/s1. The summed E-state index contributed by atoms with van der Waals surface area (Å²) in [6.07, 6.45) is 4.95. The fraction of sp³-hybridized carbons (Fsp3) is 0.273. The minimum Gasteiger partial charge on any atom is -0.349 e. The van der Waals surface area contributed by atoms with Crippen molar-refractivity contribution in [2.24, 2.45) is 0 Å². The van der Waals surface area contributed by atoms with E-state index in [1.54, 1.807) is 15.9 Å². The second-order valence-corrected chi connectivity index (χ2v) is 7.21. The molecule has 1 atom stereocenters. The molecule has 148 valence electrons. The van der Waals surface area contributed by atoms with Crippen molar-refractivity contribution in [1.29, 1.82) is 0 Å². The van der Waals surface area contributed by atoms with Crippen LogP contribution in [0.2, 0.25) is 0 Å². The van der Waals surface area contributed by atoms with Crippen molar-refractivity contribution >= 4 is 17.5 Å². The van der Waals surface area contributed by atoms with Crippen molar-refractivity contribution in [3.05, 3.63) is 72.3 Å². The van der Waals surface area contributed by atoms with Gasteiger partial charge in [-0.2, -0.15) is 5.10 Å². The van der Waals surface area contributed by atoms with Crippen molar-refractivity contribution in [2.45, 2.75) is 32.2 Å². The molecule has 2 amide bonds. The van der Waals surface area contributed by atoms with Gasteiger partial charge in [-0.15, -0.1) is 0 Å². The van der Waals surface area contributed by atoms with Crippen LogP contribution in [0.3, 0.4) is 0 Å². The van der Waals surface area contributed by atoms with Crippen LogP contribution in [0.5, 0.6) is 0 Å². The van der Waals surface area contributed by atoms with Gasteiger partial charge in [0.2, 0.25) is 11.8 Å². The van der Waals surface area contributed by atoms with Crippen molar-refractivity contribution in [2.75, 3.05) is 11.4 Å². The zero-order chi connectivity index (χ0) is 20.2. The normalized spacial score (nSPS) is 14.8. The highest BCUT2D eigenvalue weighted by molar-refractivity contribution is 5.95. The molecule has 1 saturated heterocycles. The molecule has 7 nitrogen and oxygen atoms in total. The van der Waals surface area contributed by atoms with Crippen LogP contribution < -0.4 is 10.2 Å². The van der Waals surface area contributed by atoms with E-state index in [1.807, 2.05) is 55.5 Å². The lowest BCUT2D eigenvalue weighted by atomic mass is 10.1. The molecule has 2 heterocycles. The van der Waals surface area contributed by atoms with E-state index in [0.29, 0.717) is 12.8 Å². The summed E-state index contributed by atoms with van der Waals surface area (Å²) in [6.45, 7) is 2.73. The van der Waals surface area contributed by atoms with Crippen LogP contribution in [0.4, 0.5) is 5.69 Å². The molecule has 1 aromatic heterocycles. The lowest BCUT2D eigenvalue weighted by Gasteiger charge is -2.17. The number of nitrogens with one attached hydrogen (secondary N) is 1. The van der Waals surface area contributed by atoms with Crippen LogP contribution in [-0.2, 0) is 16.0 Å². The number of amides is 2. The van der Waals surface area contributed by atoms with E-state index < -0.39 is 0 Å². The number of benzene rings is 2. The van der Waals surface area contributed by atoms with Crippen molar-refractivity contribution in [3.63, 3.8) is 0 Å². The summed E-state index contributed by atoms with van der Waals surface area (Å²) in [6, 6.07) is 15.4. The Kier molecular flexibility index (Phi) is 5.37. The Labute approximate surface area is 169 Å². The number of aromatic nitrogens is 3. The zero-order valence-electron chi connectivity index (χ0n) is 16.3. The molecule has 1 N–H and O–H groups in total. The summed E-state index contributed by atoms with van der Waals surface area (Å²) in [5.74, 6) is 0.127. The summed E-state index contributed by atoms with van der Waals surface area (Å²) >= 11 is 0. The van der Waals surface area contributed by atoms with Crippen LogP contribution in [0.15, 0.2) is 61.2 Å². The van der Waals surface area contributed by atoms with Crippen LogP contribution >= 0.6 is 0 Å². The second kappa shape index (κ2) is 8.26. The van der Waals surface area contributed by atoms with Gasteiger partial charge in [-0.1, -0.05) is 24.3 Å². The first-order valence-corrected chi connectivity index (χ1v) is 9.74. The van der Waals surface area contributed by atoms with Crippen LogP contribution in [0.1, 0.15) is 36.9 Å². The van der Waals surface area contributed by atoms with Gasteiger partial charge in [0.25, 0.3) is 0 Å². The van der Waals surface area contributed by atoms with E-state index >= 15 is 0 Å². The van der Waals surface area contributed by atoms with Gasteiger partial charge in [-0.05, 0) is 48.7 Å². The molecule has 1 aliphatic rings. The average Bonchev–Trinajstić information content (AvgIpc) is 3.41. The van der Waals surface area contributed by atoms with Crippen LogP contribution in [0.25, 0.3) is 5.69 Å². The van der Waals surface area contributed by atoms with E-state index in [0.717, 1.165) is 35.5 Å². The van der Waals surface area contributed by atoms with E-state index in [2.05, 4.69) is 15.4 Å². The Hall–Kier alpha value is -3.48. The number of rotatable bonds is 6. The first-order valence-electron chi connectivity index (χ1n) is 9.74. The number of carbonyl (C=O) groups is 2. The molecule has 4 rings (SSSR count). The summed E-state index contributed by atoms with van der Waals surface area (Å²) in [4.78, 5) is 30.0. The maximum Gasteiger partial charge on any atom is 0.227 e. The fourth-order valence-electron chi connectivity index (χ4n) is 3.53. The van der Waals surface area contributed by atoms with Gasteiger partial charge < -0.3 is 10.2 Å². The molecule has 0 saturated carbocycles. The van der Waals surface area contributed by atoms with E-state index in [9.17, 15) is 9.59 Å². The Balaban J connectivity index is 1.33. The molecule has 0 unspecified atom stereocenters. The third-order valence-electron chi connectivity index (χ3n) is 5.14. The summed E-state index contributed by atoms with van der Waals surface area (Å²) in [7, 11) is 0. The van der Waals surface area contributed by atoms with Gasteiger partial charge in [-0.3, -0.25) is 9.59 Å². The van der Waals surface area contributed by atoms with E-state index in [1.165, 1.54) is 6.33 Å². The van der Waals surface area contributed by atoms with E-state index in [4.69, 9.17) is 0 Å². The van der Waals surface area contributed by atoms with Gasteiger partial charge in [0.05, 0.1) is 18.2 Å². The van der Waals surface area contributed by atoms with Crippen molar-refractivity contribution in [3.8, 4) is 5.69 Å². The van der Waals surface area contributed by atoms with Gasteiger partial charge in [0, 0.05) is 18.7 Å². The molecule has 29 heavy (non-hydrogen) atoms. The summed E-state index contributed by atoms with van der Waals surface area (Å²) in [5, 5.41) is 7.14. The van der Waals surface area contributed by atoms with Crippen molar-refractivity contribution < 1.29 is 9.59 Å². The molecule has 0 aliphatic carbocycles. The molecule has 7 heteroatoms. The highest BCUT2D eigenvalue weighted by Crippen LogP contribution is 2.22. The Morgan fingerprint density at radius 2 is 1.83 bits per heavy atom. The smallest absolute Gasteiger partial charge is 0.227 e. The second-order valence-electron chi connectivity index (χ2n) is 7.21. The molecule has 0 spiro atoms. The Bertz CT molecular complexity index is 981. The first kappa shape index (κ1) is 18.9. The maximum atomic E-state index is 12.4. The fourth-order valence-corrected chi connectivity index (χ4v) is 3.53. The lowest BCUT2D eigenvalue weighted by molar-refractivity contribution is -0.121. The predicted octanol–water partition coefficient (Wildman–Crippen LogP) is 2.81. The van der Waals surface area contributed by atoms with Gasteiger partial charge in [0.15, 0.2) is 0 Å². The topological polar surface area (TPSA) is 80.1 Å². The van der Waals surface area contributed by atoms with Gasteiger partial charge in [0.1, 0.15) is 12.7 Å². The maximum absolute atomic E-state index is 12.4. The van der Waals surface area contributed by atoms with Crippen LogP contribution in [-0.4, -0.2) is 33.1 Å². The molecule has 3 aromatic rings. The molecule has 0 radical (unpaired) electrons. The lowest BCUT2D eigenvalue weighted by Crippen LogP contribution is -2.28. The monoisotopic (exact) mass is 389 g/mol. The molecular weight excluding hydrogens is 366 g/mol. The number of hydrogen-bond acceptors (Lipinski definition) is 4.